The summed E-state index contributed by atoms with van der Waals surface area (Å²) in [6.45, 7) is 7.34. The van der Waals surface area contributed by atoms with Crippen molar-refractivity contribution in [3.05, 3.63) is 35.4 Å². The van der Waals surface area contributed by atoms with E-state index in [1.807, 2.05) is 32.2 Å². The van der Waals surface area contributed by atoms with Crippen LogP contribution >= 0.6 is 11.6 Å². The summed E-state index contributed by atoms with van der Waals surface area (Å²) in [6.07, 6.45) is 3.92. The molecule has 114 valence electrons. The van der Waals surface area contributed by atoms with E-state index in [0.717, 1.165) is 42.9 Å². The van der Waals surface area contributed by atoms with Gasteiger partial charge in [0.2, 0.25) is 5.91 Å². The Morgan fingerprint density at radius 3 is 2.95 bits per heavy atom. The minimum Gasteiger partial charge on any atom is -0.373 e. The molecule has 1 aliphatic heterocycles. The third kappa shape index (κ3) is 3.39. The zero-order valence-corrected chi connectivity index (χ0v) is 13.3. The van der Waals surface area contributed by atoms with E-state index in [0.29, 0.717) is 5.02 Å². The van der Waals surface area contributed by atoms with Gasteiger partial charge in [0.1, 0.15) is 6.04 Å². The molecule has 0 aromatic heterocycles. The van der Waals surface area contributed by atoms with Crippen LogP contribution in [0.2, 0.25) is 5.02 Å². The lowest BCUT2D eigenvalue weighted by molar-refractivity contribution is -0.117. The van der Waals surface area contributed by atoms with Crippen molar-refractivity contribution in [2.75, 3.05) is 30.4 Å². The molecule has 21 heavy (non-hydrogen) atoms. The number of nitrogens with one attached hydrogen (secondary N) is 2. The van der Waals surface area contributed by atoms with Crippen LogP contribution < -0.4 is 15.5 Å². The van der Waals surface area contributed by atoms with Crippen LogP contribution in [-0.2, 0) is 4.79 Å². The van der Waals surface area contributed by atoms with Gasteiger partial charge < -0.3 is 15.5 Å². The highest BCUT2D eigenvalue weighted by atomic mass is 35.5. The fourth-order valence-corrected chi connectivity index (χ4v) is 2.88. The lowest BCUT2D eigenvalue weighted by Gasteiger charge is -2.21. The largest absolute Gasteiger partial charge is 0.373 e. The first-order valence-electron chi connectivity index (χ1n) is 7.28. The summed E-state index contributed by atoms with van der Waals surface area (Å²) >= 11 is 6.40. The number of likely N-dealkylation sites (N-methyl/N-ethyl adjacent to an activating group) is 1. The van der Waals surface area contributed by atoms with Crippen molar-refractivity contribution in [2.24, 2.45) is 0 Å². The summed E-state index contributed by atoms with van der Waals surface area (Å²) in [5, 5.41) is 6.77. The molecule has 2 N–H and O–H groups in total. The Balaban J connectivity index is 2.22. The average molecular weight is 308 g/mol. The molecule has 5 heteroatoms. The number of anilines is 2. The fourth-order valence-electron chi connectivity index (χ4n) is 2.56. The van der Waals surface area contributed by atoms with E-state index in [-0.39, 0.29) is 11.9 Å². The minimum atomic E-state index is -0.303. The standard InChI is InChI=1S/C16H22ClN3O/c1-4-6-7-8-20(3)14-10-13-11(9-12(14)17)15(18-5-2)16(21)19-13/h4,9-10,15,18H,1,5-8H2,2-3H3,(H,19,21). The lowest BCUT2D eigenvalue weighted by Crippen LogP contribution is -2.27. The molecule has 0 aliphatic carbocycles. The zero-order chi connectivity index (χ0) is 15.4. The Morgan fingerprint density at radius 1 is 1.52 bits per heavy atom. The predicted octanol–water partition coefficient (Wildman–Crippen LogP) is 3.35. The van der Waals surface area contributed by atoms with Crippen LogP contribution in [0.3, 0.4) is 0 Å². The first kappa shape index (κ1) is 15.9. The average Bonchev–Trinajstić information content (AvgIpc) is 2.74. The predicted molar refractivity (Wildman–Crippen MR) is 89.2 cm³/mol. The molecule has 0 spiro atoms. The molecule has 0 bridgehead atoms. The first-order chi connectivity index (χ1) is 10.1. The quantitative estimate of drug-likeness (QED) is 0.600. The van der Waals surface area contributed by atoms with Gasteiger partial charge in [-0.05, 0) is 31.5 Å². The molecule has 0 saturated carbocycles. The second kappa shape index (κ2) is 6.96. The maximum atomic E-state index is 12.0. The van der Waals surface area contributed by atoms with Crippen LogP contribution in [0.15, 0.2) is 24.8 Å². The highest BCUT2D eigenvalue weighted by Gasteiger charge is 2.31. The van der Waals surface area contributed by atoms with Gasteiger partial charge in [0.05, 0.1) is 10.7 Å². The molecule has 1 aromatic rings. The number of hydrogen-bond donors (Lipinski definition) is 2. The zero-order valence-electron chi connectivity index (χ0n) is 12.6. The Morgan fingerprint density at radius 2 is 2.29 bits per heavy atom. The molecule has 0 fully saturated rings. The molecule has 0 radical (unpaired) electrons. The topological polar surface area (TPSA) is 44.4 Å². The van der Waals surface area contributed by atoms with E-state index in [9.17, 15) is 4.79 Å². The number of halogens is 1. The molecular formula is C16H22ClN3O. The second-order valence-electron chi connectivity index (χ2n) is 5.22. The molecular weight excluding hydrogens is 286 g/mol. The van der Waals surface area contributed by atoms with Gasteiger partial charge in [-0.1, -0.05) is 24.6 Å². The van der Waals surface area contributed by atoms with Crippen LogP contribution in [0.25, 0.3) is 0 Å². The van der Waals surface area contributed by atoms with Gasteiger partial charge in [-0.15, -0.1) is 6.58 Å². The van der Waals surface area contributed by atoms with Crippen molar-refractivity contribution in [3.8, 4) is 0 Å². The summed E-state index contributed by atoms with van der Waals surface area (Å²) in [5.74, 6) is -0.0191. The number of fused-ring (bicyclic) bond motifs is 1. The Labute approximate surface area is 131 Å². The van der Waals surface area contributed by atoms with Crippen LogP contribution in [0.5, 0.6) is 0 Å². The molecule has 4 nitrogen and oxygen atoms in total. The van der Waals surface area contributed by atoms with E-state index in [1.54, 1.807) is 0 Å². The first-order valence-corrected chi connectivity index (χ1v) is 7.66. The number of carbonyl (C=O) groups excluding carboxylic acids is 1. The van der Waals surface area contributed by atoms with Crippen LogP contribution in [0.4, 0.5) is 11.4 Å². The molecule has 2 rings (SSSR count). The van der Waals surface area contributed by atoms with Crippen molar-refractivity contribution >= 4 is 28.9 Å². The molecule has 1 atom stereocenters. The molecule has 1 aliphatic rings. The summed E-state index contributed by atoms with van der Waals surface area (Å²) in [6, 6.07) is 3.55. The summed E-state index contributed by atoms with van der Waals surface area (Å²) < 4.78 is 0. The highest BCUT2D eigenvalue weighted by molar-refractivity contribution is 6.33. The van der Waals surface area contributed by atoms with Crippen molar-refractivity contribution in [2.45, 2.75) is 25.8 Å². The van der Waals surface area contributed by atoms with E-state index in [2.05, 4.69) is 22.1 Å². The fraction of sp³-hybridized carbons (Fsp3) is 0.438. The number of unbranched alkanes of at least 4 members (excludes halogenated alkanes) is 1. The number of carbonyl (C=O) groups is 1. The van der Waals surface area contributed by atoms with Gasteiger partial charge in [-0.25, -0.2) is 0 Å². The molecule has 1 amide bonds. The van der Waals surface area contributed by atoms with Crippen molar-refractivity contribution in [1.82, 2.24) is 5.32 Å². The van der Waals surface area contributed by atoms with E-state index >= 15 is 0 Å². The van der Waals surface area contributed by atoms with Crippen LogP contribution in [0, 0.1) is 0 Å². The maximum Gasteiger partial charge on any atom is 0.246 e. The Bertz CT molecular complexity index is 545. The third-order valence-corrected chi connectivity index (χ3v) is 3.97. The van der Waals surface area contributed by atoms with Crippen molar-refractivity contribution in [1.29, 1.82) is 0 Å². The SMILES string of the molecule is C=CCCCN(C)c1cc2c(cc1Cl)C(NCC)C(=O)N2. The van der Waals surface area contributed by atoms with Crippen LogP contribution in [0.1, 0.15) is 31.4 Å². The Kier molecular flexibility index (Phi) is 5.26. The number of nitrogens with zero attached hydrogens (tertiary/aromatic N) is 1. The van der Waals surface area contributed by atoms with Gasteiger partial charge >= 0.3 is 0 Å². The van der Waals surface area contributed by atoms with Crippen molar-refractivity contribution < 1.29 is 4.79 Å². The number of rotatable bonds is 7. The minimum absolute atomic E-state index is 0.0191. The Hall–Kier alpha value is -1.52. The molecule has 1 aromatic carbocycles. The van der Waals surface area contributed by atoms with Gasteiger partial charge in [0.15, 0.2) is 0 Å². The maximum absolute atomic E-state index is 12.0. The summed E-state index contributed by atoms with van der Waals surface area (Å²) in [7, 11) is 2.01. The molecule has 1 heterocycles. The number of hydrogen-bond acceptors (Lipinski definition) is 3. The smallest absolute Gasteiger partial charge is 0.246 e. The van der Waals surface area contributed by atoms with Crippen molar-refractivity contribution in [3.63, 3.8) is 0 Å². The number of allylic oxidation sites excluding steroid dienone is 1. The molecule has 0 saturated heterocycles. The molecule has 1 unspecified atom stereocenters. The van der Waals surface area contributed by atoms with E-state index in [4.69, 9.17) is 11.6 Å². The second-order valence-corrected chi connectivity index (χ2v) is 5.63. The monoisotopic (exact) mass is 307 g/mol. The van der Waals surface area contributed by atoms with E-state index in [1.165, 1.54) is 0 Å². The van der Waals surface area contributed by atoms with Gasteiger partial charge in [0.25, 0.3) is 0 Å². The summed E-state index contributed by atoms with van der Waals surface area (Å²) in [5.41, 5.74) is 2.72. The normalized spacial score (nSPS) is 16.5. The van der Waals surface area contributed by atoms with Gasteiger partial charge in [-0.2, -0.15) is 0 Å². The number of amides is 1. The van der Waals surface area contributed by atoms with E-state index < -0.39 is 0 Å². The van der Waals surface area contributed by atoms with Crippen LogP contribution in [-0.4, -0.2) is 26.0 Å². The van der Waals surface area contributed by atoms with Gasteiger partial charge in [0, 0.05) is 24.8 Å². The third-order valence-electron chi connectivity index (χ3n) is 3.67. The highest BCUT2D eigenvalue weighted by Crippen LogP contribution is 2.38. The lowest BCUT2D eigenvalue weighted by atomic mass is 10.1. The summed E-state index contributed by atoms with van der Waals surface area (Å²) in [4.78, 5) is 14.1. The number of benzene rings is 1. The van der Waals surface area contributed by atoms with Gasteiger partial charge in [-0.3, -0.25) is 4.79 Å².